The van der Waals surface area contributed by atoms with E-state index in [-0.39, 0.29) is 16.9 Å². The monoisotopic (exact) mass is 412 g/mol. The highest BCUT2D eigenvalue weighted by molar-refractivity contribution is 6.07. The summed E-state index contributed by atoms with van der Waals surface area (Å²) in [6.07, 6.45) is 0. The van der Waals surface area contributed by atoms with Crippen LogP contribution in [0.15, 0.2) is 83.7 Å². The van der Waals surface area contributed by atoms with Gasteiger partial charge in [-0.05, 0) is 47.4 Å². The number of benzene rings is 3. The number of fused-ring (bicyclic) bond motifs is 1. The molecule has 0 fully saturated rings. The molecule has 3 aromatic carbocycles. The minimum absolute atomic E-state index is 0.164. The number of amides is 1. The van der Waals surface area contributed by atoms with Crippen LogP contribution in [0.2, 0.25) is 0 Å². The molecule has 0 spiro atoms. The largest absolute Gasteiger partial charge is 0.457 e. The van der Waals surface area contributed by atoms with Gasteiger partial charge in [-0.15, -0.1) is 0 Å². The van der Waals surface area contributed by atoms with Crippen LogP contribution in [0.3, 0.4) is 0 Å². The molecule has 0 aliphatic heterocycles. The third-order valence-corrected chi connectivity index (χ3v) is 5.01. The van der Waals surface area contributed by atoms with Gasteiger partial charge in [0.05, 0.1) is 11.1 Å². The van der Waals surface area contributed by atoms with Gasteiger partial charge in [-0.25, -0.2) is 0 Å². The summed E-state index contributed by atoms with van der Waals surface area (Å²) in [5, 5.41) is 3.87. The predicted molar refractivity (Wildman–Crippen MR) is 124 cm³/mol. The van der Waals surface area contributed by atoms with Gasteiger partial charge < -0.3 is 15.0 Å². The molecule has 0 atom stereocenters. The van der Waals surface area contributed by atoms with E-state index in [1.807, 2.05) is 48.5 Å². The SMILES string of the molecule is CC(C)(C)c1cc(=O)[nH]c2cc(NC(=O)c3ccccc3Oc3ccccc3)ccc12. The summed E-state index contributed by atoms with van der Waals surface area (Å²) in [5.74, 6) is 0.830. The molecule has 0 saturated carbocycles. The van der Waals surface area contributed by atoms with Crippen molar-refractivity contribution in [1.29, 1.82) is 0 Å². The number of hydrogen-bond acceptors (Lipinski definition) is 3. The molecular formula is C26H24N2O3. The number of carbonyl (C=O) groups is 1. The number of nitrogens with one attached hydrogen (secondary N) is 2. The summed E-state index contributed by atoms with van der Waals surface area (Å²) >= 11 is 0. The molecule has 31 heavy (non-hydrogen) atoms. The summed E-state index contributed by atoms with van der Waals surface area (Å²) in [7, 11) is 0. The van der Waals surface area contributed by atoms with Crippen LogP contribution >= 0.6 is 0 Å². The van der Waals surface area contributed by atoms with E-state index in [1.165, 1.54) is 0 Å². The second-order valence-electron chi connectivity index (χ2n) is 8.42. The first-order valence-electron chi connectivity index (χ1n) is 10.1. The summed E-state index contributed by atoms with van der Waals surface area (Å²) < 4.78 is 5.90. The Hall–Kier alpha value is -3.86. The lowest BCUT2D eigenvalue weighted by molar-refractivity contribution is 0.102. The molecule has 2 N–H and O–H groups in total. The number of pyridine rings is 1. The molecule has 0 aliphatic carbocycles. The van der Waals surface area contributed by atoms with Gasteiger partial charge >= 0.3 is 0 Å². The van der Waals surface area contributed by atoms with Gasteiger partial charge in [-0.2, -0.15) is 0 Å². The van der Waals surface area contributed by atoms with E-state index in [1.54, 1.807) is 30.3 Å². The van der Waals surface area contributed by atoms with Gasteiger partial charge in [0.1, 0.15) is 11.5 Å². The zero-order valence-corrected chi connectivity index (χ0v) is 17.7. The Kier molecular flexibility index (Phi) is 5.34. The van der Waals surface area contributed by atoms with Crippen molar-refractivity contribution in [3.63, 3.8) is 0 Å². The Morgan fingerprint density at radius 2 is 1.61 bits per heavy atom. The number of ether oxygens (including phenoxy) is 1. The standard InChI is InChI=1S/C26H24N2O3/c1-26(2,3)21-16-24(29)28-22-15-17(13-14-19(21)22)27-25(30)20-11-7-8-12-23(20)31-18-9-5-4-6-10-18/h4-16H,1-3H3,(H,27,30)(H,28,29). The zero-order valence-electron chi connectivity index (χ0n) is 17.7. The van der Waals surface area contributed by atoms with Crippen LogP contribution in [0, 0.1) is 0 Å². The molecule has 0 radical (unpaired) electrons. The van der Waals surface area contributed by atoms with Crippen molar-refractivity contribution in [2.24, 2.45) is 0 Å². The second kappa shape index (κ2) is 8.11. The third-order valence-electron chi connectivity index (χ3n) is 5.01. The highest BCUT2D eigenvalue weighted by Crippen LogP contribution is 2.30. The van der Waals surface area contributed by atoms with Crippen molar-refractivity contribution in [1.82, 2.24) is 4.98 Å². The van der Waals surface area contributed by atoms with Crippen LogP contribution in [0.5, 0.6) is 11.5 Å². The van der Waals surface area contributed by atoms with E-state index >= 15 is 0 Å². The van der Waals surface area contributed by atoms with Gasteiger partial charge in [-0.1, -0.05) is 57.2 Å². The highest BCUT2D eigenvalue weighted by Gasteiger charge is 2.19. The first-order chi connectivity index (χ1) is 14.8. The van der Waals surface area contributed by atoms with Crippen molar-refractivity contribution in [3.05, 3.63) is 100 Å². The number of H-pyrrole nitrogens is 1. The maximum Gasteiger partial charge on any atom is 0.259 e. The number of aromatic nitrogens is 1. The number of anilines is 1. The van der Waals surface area contributed by atoms with Gasteiger partial charge in [0.25, 0.3) is 5.91 Å². The van der Waals surface area contributed by atoms with Crippen LogP contribution in [0.25, 0.3) is 10.9 Å². The summed E-state index contributed by atoms with van der Waals surface area (Å²) in [4.78, 5) is 28.0. The topological polar surface area (TPSA) is 71.2 Å². The lowest BCUT2D eigenvalue weighted by Crippen LogP contribution is -2.17. The molecule has 1 heterocycles. The van der Waals surface area contributed by atoms with E-state index in [0.29, 0.717) is 28.3 Å². The van der Waals surface area contributed by atoms with E-state index < -0.39 is 0 Å². The highest BCUT2D eigenvalue weighted by atomic mass is 16.5. The Morgan fingerprint density at radius 1 is 0.903 bits per heavy atom. The molecule has 4 aromatic rings. The Labute approximate surface area is 180 Å². The summed E-state index contributed by atoms with van der Waals surface area (Å²) in [6, 6.07) is 23.6. The van der Waals surface area contributed by atoms with Crippen LogP contribution in [0.1, 0.15) is 36.7 Å². The minimum atomic E-state index is -0.291. The van der Waals surface area contributed by atoms with Gasteiger partial charge in [0.2, 0.25) is 5.56 Å². The molecule has 5 heteroatoms. The van der Waals surface area contributed by atoms with E-state index in [9.17, 15) is 9.59 Å². The van der Waals surface area contributed by atoms with Crippen molar-refractivity contribution >= 4 is 22.5 Å². The van der Waals surface area contributed by atoms with Crippen LogP contribution in [-0.4, -0.2) is 10.9 Å². The molecule has 4 rings (SSSR count). The number of aromatic amines is 1. The van der Waals surface area contributed by atoms with Gasteiger partial charge in [0.15, 0.2) is 0 Å². The third kappa shape index (κ3) is 4.51. The number of rotatable bonds is 4. The molecular weight excluding hydrogens is 388 g/mol. The zero-order chi connectivity index (χ0) is 22.0. The molecule has 5 nitrogen and oxygen atoms in total. The predicted octanol–water partition coefficient (Wildman–Crippen LogP) is 5.87. The van der Waals surface area contributed by atoms with Crippen molar-refractivity contribution in [2.75, 3.05) is 5.32 Å². The average Bonchev–Trinajstić information content (AvgIpc) is 2.73. The normalized spacial score (nSPS) is 11.3. The molecule has 0 aliphatic rings. The Balaban J connectivity index is 1.65. The molecule has 1 aromatic heterocycles. The lowest BCUT2D eigenvalue weighted by Gasteiger charge is -2.21. The fraction of sp³-hybridized carbons (Fsp3) is 0.154. The van der Waals surface area contributed by atoms with Gasteiger partial charge in [0, 0.05) is 17.1 Å². The fourth-order valence-electron chi connectivity index (χ4n) is 3.52. The number of hydrogen-bond donors (Lipinski definition) is 2. The molecule has 0 unspecified atom stereocenters. The minimum Gasteiger partial charge on any atom is -0.457 e. The Morgan fingerprint density at radius 3 is 2.35 bits per heavy atom. The molecule has 156 valence electrons. The van der Waals surface area contributed by atoms with Crippen LogP contribution < -0.4 is 15.6 Å². The second-order valence-corrected chi connectivity index (χ2v) is 8.42. The summed E-state index contributed by atoms with van der Waals surface area (Å²) in [6.45, 7) is 6.21. The average molecular weight is 412 g/mol. The van der Waals surface area contributed by atoms with E-state index in [2.05, 4.69) is 31.1 Å². The molecule has 0 saturated heterocycles. The van der Waals surface area contributed by atoms with Gasteiger partial charge in [-0.3, -0.25) is 9.59 Å². The lowest BCUT2D eigenvalue weighted by atomic mass is 9.85. The first kappa shape index (κ1) is 20.4. The molecule has 1 amide bonds. The quantitative estimate of drug-likeness (QED) is 0.440. The first-order valence-corrected chi connectivity index (χ1v) is 10.1. The van der Waals surface area contributed by atoms with Crippen LogP contribution in [-0.2, 0) is 5.41 Å². The van der Waals surface area contributed by atoms with E-state index in [0.717, 1.165) is 10.9 Å². The number of carbonyl (C=O) groups excluding carboxylic acids is 1. The maximum absolute atomic E-state index is 13.0. The summed E-state index contributed by atoms with van der Waals surface area (Å²) in [5.41, 5.74) is 2.32. The van der Waals surface area contributed by atoms with Crippen molar-refractivity contribution in [3.8, 4) is 11.5 Å². The fourth-order valence-corrected chi connectivity index (χ4v) is 3.52. The van der Waals surface area contributed by atoms with E-state index in [4.69, 9.17) is 4.74 Å². The number of para-hydroxylation sites is 2. The Bertz CT molecular complexity index is 1300. The van der Waals surface area contributed by atoms with Crippen molar-refractivity contribution in [2.45, 2.75) is 26.2 Å². The molecule has 0 bridgehead atoms. The maximum atomic E-state index is 13.0. The van der Waals surface area contributed by atoms with Crippen molar-refractivity contribution < 1.29 is 9.53 Å². The smallest absolute Gasteiger partial charge is 0.259 e. The van der Waals surface area contributed by atoms with Crippen LogP contribution in [0.4, 0.5) is 5.69 Å².